The van der Waals surface area contributed by atoms with E-state index in [1.54, 1.807) is 39.8 Å². The predicted molar refractivity (Wildman–Crippen MR) is 82.0 cm³/mol. The summed E-state index contributed by atoms with van der Waals surface area (Å²) >= 11 is 5.94. The molecule has 0 aliphatic rings. The van der Waals surface area contributed by atoms with Crippen molar-refractivity contribution in [1.82, 2.24) is 4.72 Å². The first kappa shape index (κ1) is 17.9. The van der Waals surface area contributed by atoms with Gasteiger partial charge in [0, 0.05) is 11.1 Å². The molecule has 0 bridgehead atoms. The Morgan fingerprint density at radius 3 is 2.43 bits per heavy atom. The zero-order chi connectivity index (χ0) is 16.4. The highest BCUT2D eigenvalue weighted by Crippen LogP contribution is 2.27. The van der Waals surface area contributed by atoms with Crippen molar-refractivity contribution in [3.05, 3.63) is 28.8 Å². The van der Waals surface area contributed by atoms with Crippen LogP contribution in [0.5, 0.6) is 0 Å². The number of sulfonamides is 1. The third-order valence-electron chi connectivity index (χ3n) is 3.23. The third-order valence-corrected chi connectivity index (χ3v) is 5.25. The Morgan fingerprint density at radius 2 is 1.95 bits per heavy atom. The molecule has 0 aliphatic carbocycles. The van der Waals surface area contributed by atoms with E-state index in [0.29, 0.717) is 10.6 Å². The molecule has 0 spiro atoms. The molecule has 1 aromatic carbocycles. The van der Waals surface area contributed by atoms with Gasteiger partial charge in [0.1, 0.15) is 0 Å². The van der Waals surface area contributed by atoms with Crippen LogP contribution in [0.3, 0.4) is 0 Å². The second-order valence-electron chi connectivity index (χ2n) is 6.00. The van der Waals surface area contributed by atoms with Gasteiger partial charge in [-0.15, -0.1) is 0 Å². The lowest BCUT2D eigenvalue weighted by atomic mass is 9.85. The molecule has 0 aliphatic heterocycles. The van der Waals surface area contributed by atoms with Crippen molar-refractivity contribution in [2.75, 3.05) is 0 Å². The number of carbonyl (C=O) groups is 1. The van der Waals surface area contributed by atoms with Crippen LogP contribution in [0.4, 0.5) is 0 Å². The Morgan fingerprint density at radius 1 is 1.38 bits per heavy atom. The summed E-state index contributed by atoms with van der Waals surface area (Å²) in [5, 5.41) is 9.31. The average molecular weight is 334 g/mol. The average Bonchev–Trinajstić information content (AvgIpc) is 2.29. The van der Waals surface area contributed by atoms with Crippen molar-refractivity contribution < 1.29 is 18.3 Å². The van der Waals surface area contributed by atoms with Crippen LogP contribution in [-0.4, -0.2) is 25.5 Å². The molecule has 1 atom stereocenters. The minimum atomic E-state index is -3.84. The lowest BCUT2D eigenvalue weighted by Crippen LogP contribution is -2.45. The molecular formula is C14H20ClNO4S. The second-order valence-corrected chi connectivity index (χ2v) is 8.09. The maximum atomic E-state index is 12.5. The zero-order valence-electron chi connectivity index (χ0n) is 12.5. The fourth-order valence-corrected chi connectivity index (χ4v) is 3.77. The molecule has 0 radical (unpaired) electrons. The molecule has 2 N–H and O–H groups in total. The summed E-state index contributed by atoms with van der Waals surface area (Å²) in [5.74, 6) is -1.06. The SMILES string of the molecule is Cc1c(Cl)cccc1S(=O)(=O)NC(CC(=O)O)C(C)(C)C. The number of benzene rings is 1. The van der Waals surface area contributed by atoms with Gasteiger partial charge in [-0.05, 0) is 30.0 Å². The van der Waals surface area contributed by atoms with Crippen molar-refractivity contribution in [3.63, 3.8) is 0 Å². The van der Waals surface area contributed by atoms with Crippen LogP contribution in [0, 0.1) is 12.3 Å². The largest absolute Gasteiger partial charge is 0.481 e. The Labute approximate surface area is 130 Å². The molecule has 118 valence electrons. The quantitative estimate of drug-likeness (QED) is 0.867. The highest BCUT2D eigenvalue weighted by atomic mass is 35.5. The van der Waals surface area contributed by atoms with Gasteiger partial charge in [0.15, 0.2) is 0 Å². The van der Waals surface area contributed by atoms with E-state index in [0.717, 1.165) is 0 Å². The summed E-state index contributed by atoms with van der Waals surface area (Å²) in [4.78, 5) is 11.0. The fourth-order valence-electron chi connectivity index (χ4n) is 1.83. The maximum Gasteiger partial charge on any atom is 0.304 e. The number of hydrogen-bond donors (Lipinski definition) is 2. The van der Waals surface area contributed by atoms with Crippen molar-refractivity contribution in [2.24, 2.45) is 5.41 Å². The van der Waals surface area contributed by atoms with E-state index in [1.165, 1.54) is 6.07 Å². The minimum absolute atomic E-state index is 0.0645. The normalized spacial score (nSPS) is 14.0. The molecule has 1 aromatic rings. The van der Waals surface area contributed by atoms with Crippen LogP contribution in [0.25, 0.3) is 0 Å². The van der Waals surface area contributed by atoms with E-state index in [4.69, 9.17) is 16.7 Å². The highest BCUT2D eigenvalue weighted by molar-refractivity contribution is 7.89. The Hall–Kier alpha value is -1.11. The van der Waals surface area contributed by atoms with E-state index in [9.17, 15) is 13.2 Å². The summed E-state index contributed by atoms with van der Waals surface area (Å²) in [7, 11) is -3.84. The Balaban J connectivity index is 3.18. The summed E-state index contributed by atoms with van der Waals surface area (Å²) < 4.78 is 27.4. The van der Waals surface area contributed by atoms with Crippen molar-refractivity contribution >= 4 is 27.6 Å². The van der Waals surface area contributed by atoms with Gasteiger partial charge in [0.2, 0.25) is 10.0 Å². The molecule has 0 saturated carbocycles. The zero-order valence-corrected chi connectivity index (χ0v) is 14.0. The molecule has 0 aromatic heterocycles. The number of hydrogen-bond acceptors (Lipinski definition) is 3. The van der Waals surface area contributed by atoms with E-state index >= 15 is 0 Å². The van der Waals surface area contributed by atoms with Gasteiger partial charge >= 0.3 is 5.97 Å². The molecule has 0 amide bonds. The van der Waals surface area contributed by atoms with Crippen LogP contribution >= 0.6 is 11.6 Å². The van der Waals surface area contributed by atoms with Crippen molar-refractivity contribution in [3.8, 4) is 0 Å². The summed E-state index contributed by atoms with van der Waals surface area (Å²) in [6, 6.07) is 3.88. The van der Waals surface area contributed by atoms with Gasteiger partial charge in [-0.1, -0.05) is 38.4 Å². The first-order valence-corrected chi connectivity index (χ1v) is 8.30. The van der Waals surface area contributed by atoms with E-state index < -0.39 is 27.4 Å². The maximum absolute atomic E-state index is 12.5. The standard InChI is InChI=1S/C14H20ClNO4S/c1-9-10(15)6-5-7-11(9)21(19,20)16-12(8-13(17)18)14(2,3)4/h5-7,12,16H,8H2,1-4H3,(H,17,18). The van der Waals surface area contributed by atoms with Gasteiger partial charge < -0.3 is 5.11 Å². The van der Waals surface area contributed by atoms with Crippen molar-refractivity contribution in [2.45, 2.75) is 45.1 Å². The predicted octanol–water partition coefficient (Wildman–Crippen LogP) is 2.82. The van der Waals surface area contributed by atoms with Crippen LogP contribution in [0.1, 0.15) is 32.8 Å². The van der Waals surface area contributed by atoms with Gasteiger partial charge in [0.25, 0.3) is 0 Å². The summed E-state index contributed by atoms with van der Waals surface area (Å²) in [6.07, 6.45) is -0.289. The monoisotopic (exact) mass is 333 g/mol. The number of carboxylic acid groups (broad SMARTS) is 1. The molecule has 0 saturated heterocycles. The van der Waals surface area contributed by atoms with Crippen LogP contribution in [-0.2, 0) is 14.8 Å². The molecular weight excluding hydrogens is 314 g/mol. The van der Waals surface area contributed by atoms with Crippen LogP contribution in [0.15, 0.2) is 23.1 Å². The highest BCUT2D eigenvalue weighted by Gasteiger charge is 2.32. The first-order valence-electron chi connectivity index (χ1n) is 6.44. The molecule has 21 heavy (non-hydrogen) atoms. The second kappa shape index (κ2) is 6.34. The lowest BCUT2D eigenvalue weighted by molar-refractivity contribution is -0.138. The van der Waals surface area contributed by atoms with Gasteiger partial charge in [0.05, 0.1) is 11.3 Å². The molecule has 1 unspecified atom stereocenters. The number of nitrogens with one attached hydrogen (secondary N) is 1. The van der Waals surface area contributed by atoms with E-state index in [1.807, 2.05) is 0 Å². The van der Waals surface area contributed by atoms with Crippen LogP contribution < -0.4 is 4.72 Å². The first-order chi connectivity index (χ1) is 9.45. The van der Waals surface area contributed by atoms with E-state index in [2.05, 4.69) is 4.72 Å². The Kier molecular flexibility index (Phi) is 5.41. The van der Waals surface area contributed by atoms with Gasteiger partial charge in [-0.25, -0.2) is 13.1 Å². The lowest BCUT2D eigenvalue weighted by Gasteiger charge is -2.30. The van der Waals surface area contributed by atoms with Gasteiger partial charge in [-0.3, -0.25) is 4.79 Å². The molecule has 0 heterocycles. The van der Waals surface area contributed by atoms with Crippen LogP contribution in [0.2, 0.25) is 5.02 Å². The molecule has 1 rings (SSSR count). The van der Waals surface area contributed by atoms with Crippen molar-refractivity contribution in [1.29, 1.82) is 0 Å². The third kappa shape index (κ3) is 4.69. The molecule has 5 nitrogen and oxygen atoms in total. The summed E-state index contributed by atoms with van der Waals surface area (Å²) in [6.45, 7) is 6.97. The van der Waals surface area contributed by atoms with E-state index in [-0.39, 0.29) is 11.3 Å². The molecule has 7 heteroatoms. The van der Waals surface area contributed by atoms with Gasteiger partial charge in [-0.2, -0.15) is 0 Å². The number of carboxylic acids is 1. The Bertz CT molecular complexity index is 635. The number of aliphatic carboxylic acids is 1. The number of rotatable bonds is 5. The topological polar surface area (TPSA) is 83.5 Å². The number of halogens is 1. The fraction of sp³-hybridized carbons (Fsp3) is 0.500. The smallest absolute Gasteiger partial charge is 0.304 e. The molecule has 0 fully saturated rings. The summed E-state index contributed by atoms with van der Waals surface area (Å²) in [5.41, 5.74) is -0.0903. The minimum Gasteiger partial charge on any atom is -0.481 e.